The molecule has 3 radical (unpaired) electrons. The van der Waals surface area contributed by atoms with E-state index in [4.69, 9.17) is 10.5 Å². The monoisotopic (exact) mass is 178 g/mol. The minimum atomic E-state index is 0.0368. The van der Waals surface area contributed by atoms with Crippen molar-refractivity contribution in [2.45, 2.75) is 19.1 Å². The van der Waals surface area contributed by atoms with Gasteiger partial charge in [0.25, 0.3) is 0 Å². The number of rotatable bonds is 3. The van der Waals surface area contributed by atoms with E-state index in [0.29, 0.717) is 5.69 Å². The number of para-hydroxylation sites is 2. The largest absolute Gasteiger partial charge is 0.493 e. The number of nitrogen functional groups attached to an aromatic ring is 1. The molecule has 1 aromatic carbocycles. The van der Waals surface area contributed by atoms with E-state index in [9.17, 15) is 0 Å². The van der Waals surface area contributed by atoms with Crippen LogP contribution in [0, 0.1) is 0 Å². The van der Waals surface area contributed by atoms with Gasteiger partial charge in [-0.15, -0.1) is 0 Å². The van der Waals surface area contributed by atoms with Crippen LogP contribution in [0.25, 0.3) is 0 Å². The van der Waals surface area contributed by atoms with E-state index in [1.54, 1.807) is 0 Å². The van der Waals surface area contributed by atoms with Gasteiger partial charge < -0.3 is 10.5 Å². The van der Waals surface area contributed by atoms with Crippen LogP contribution in [-0.2, 0) is 0 Å². The molecule has 0 saturated heterocycles. The van der Waals surface area contributed by atoms with Gasteiger partial charge in [0.15, 0.2) is 0 Å². The molecular formula is C9H12NOSi. The van der Waals surface area contributed by atoms with Crippen molar-refractivity contribution in [2.24, 2.45) is 0 Å². The highest BCUT2D eigenvalue weighted by Crippen LogP contribution is 2.20. The number of ether oxygens (including phenoxy) is 1. The Balaban J connectivity index is 2.69. The molecule has 63 valence electrons. The van der Waals surface area contributed by atoms with Gasteiger partial charge in [-0.1, -0.05) is 19.1 Å². The van der Waals surface area contributed by atoms with Crippen LogP contribution in [0.3, 0.4) is 0 Å². The molecule has 0 aliphatic rings. The zero-order valence-corrected chi connectivity index (χ0v) is 8.08. The first-order valence-corrected chi connectivity index (χ1v) is 4.54. The highest BCUT2D eigenvalue weighted by molar-refractivity contribution is 6.11. The molecule has 0 spiro atoms. The van der Waals surface area contributed by atoms with Gasteiger partial charge in [-0.25, -0.2) is 0 Å². The molecule has 0 saturated carbocycles. The van der Waals surface area contributed by atoms with Gasteiger partial charge in [-0.2, -0.15) is 0 Å². The maximum absolute atomic E-state index is 5.68. The van der Waals surface area contributed by atoms with Crippen LogP contribution >= 0.6 is 0 Å². The summed E-state index contributed by atoms with van der Waals surface area (Å²) in [5.41, 5.74) is 6.39. The lowest BCUT2D eigenvalue weighted by molar-refractivity contribution is 0.278. The number of benzene rings is 1. The van der Waals surface area contributed by atoms with Gasteiger partial charge in [-0.05, 0) is 18.6 Å². The van der Waals surface area contributed by atoms with Crippen LogP contribution in [0.2, 0.25) is 0 Å². The molecule has 0 heterocycles. The molecule has 1 atom stereocenters. The van der Waals surface area contributed by atoms with Gasteiger partial charge >= 0.3 is 0 Å². The van der Waals surface area contributed by atoms with Crippen molar-refractivity contribution >= 4 is 15.9 Å². The number of hydrogen-bond donors (Lipinski definition) is 1. The Morgan fingerprint density at radius 2 is 2.17 bits per heavy atom. The first-order valence-electron chi connectivity index (χ1n) is 3.96. The molecule has 0 bridgehead atoms. The normalized spacial score (nSPS) is 12.5. The van der Waals surface area contributed by atoms with Gasteiger partial charge in [-0.3, -0.25) is 0 Å². The minimum Gasteiger partial charge on any atom is -0.493 e. The lowest BCUT2D eigenvalue weighted by Crippen LogP contribution is -2.15. The standard InChI is InChI=1S/C9H12NOSi/c1-2-9(12)11-8-6-4-3-5-7(8)10/h3-6,9H,2,10H2,1H3. The van der Waals surface area contributed by atoms with E-state index in [1.807, 2.05) is 31.2 Å². The molecule has 3 heteroatoms. The predicted molar refractivity (Wildman–Crippen MR) is 51.3 cm³/mol. The van der Waals surface area contributed by atoms with Crippen LogP contribution in [0.5, 0.6) is 5.75 Å². The van der Waals surface area contributed by atoms with Crippen molar-refractivity contribution < 1.29 is 4.74 Å². The maximum Gasteiger partial charge on any atom is 0.142 e. The topological polar surface area (TPSA) is 35.2 Å². The molecule has 2 N–H and O–H groups in total. The molecule has 0 amide bonds. The Hall–Kier alpha value is -0.963. The summed E-state index contributed by atoms with van der Waals surface area (Å²) in [4.78, 5) is 0. The maximum atomic E-state index is 5.68. The molecule has 1 aromatic rings. The Morgan fingerprint density at radius 1 is 1.50 bits per heavy atom. The van der Waals surface area contributed by atoms with E-state index in [1.165, 1.54) is 0 Å². The number of anilines is 1. The first kappa shape index (κ1) is 9.13. The minimum absolute atomic E-state index is 0.0368. The zero-order chi connectivity index (χ0) is 8.97. The summed E-state index contributed by atoms with van der Waals surface area (Å²) in [5, 5.41) is 0. The molecule has 0 aliphatic carbocycles. The zero-order valence-electron chi connectivity index (χ0n) is 7.08. The van der Waals surface area contributed by atoms with Crippen molar-refractivity contribution in [2.75, 3.05) is 5.73 Å². The van der Waals surface area contributed by atoms with Gasteiger partial charge in [0.1, 0.15) is 5.75 Å². The van der Waals surface area contributed by atoms with Crippen LogP contribution in [-0.4, -0.2) is 16.0 Å². The quantitative estimate of drug-likeness (QED) is 0.563. The molecular weight excluding hydrogens is 166 g/mol. The Morgan fingerprint density at radius 3 is 2.75 bits per heavy atom. The smallest absolute Gasteiger partial charge is 0.142 e. The summed E-state index contributed by atoms with van der Waals surface area (Å²) in [6, 6.07) is 7.47. The Kier molecular flexibility index (Phi) is 3.16. The average molecular weight is 178 g/mol. The summed E-state index contributed by atoms with van der Waals surface area (Å²) in [6.07, 6.45) is 0.908. The van der Waals surface area contributed by atoms with Gasteiger partial charge in [0.05, 0.1) is 21.7 Å². The van der Waals surface area contributed by atoms with Crippen molar-refractivity contribution in [3.8, 4) is 5.75 Å². The molecule has 1 unspecified atom stereocenters. The predicted octanol–water partition coefficient (Wildman–Crippen LogP) is 1.55. The van der Waals surface area contributed by atoms with Gasteiger partial charge in [0.2, 0.25) is 0 Å². The highest BCUT2D eigenvalue weighted by atomic mass is 28.1. The SMILES string of the molecule is CCC([Si])Oc1ccccc1N. The first-order chi connectivity index (χ1) is 5.74. The third-order valence-electron chi connectivity index (χ3n) is 1.56. The highest BCUT2D eigenvalue weighted by Gasteiger charge is 2.02. The Bertz CT molecular complexity index is 252. The van der Waals surface area contributed by atoms with Crippen LogP contribution in [0.1, 0.15) is 13.3 Å². The van der Waals surface area contributed by atoms with Crippen molar-refractivity contribution in [1.82, 2.24) is 0 Å². The van der Waals surface area contributed by atoms with Gasteiger partial charge in [0, 0.05) is 0 Å². The summed E-state index contributed by atoms with van der Waals surface area (Å²) in [6.45, 7) is 2.04. The summed E-state index contributed by atoms with van der Waals surface area (Å²) in [5.74, 6) is 0.736. The van der Waals surface area contributed by atoms with E-state index in [2.05, 4.69) is 10.2 Å². The third kappa shape index (κ3) is 2.27. The van der Waals surface area contributed by atoms with Crippen LogP contribution in [0.15, 0.2) is 24.3 Å². The fourth-order valence-electron chi connectivity index (χ4n) is 0.824. The van der Waals surface area contributed by atoms with Crippen molar-refractivity contribution in [3.63, 3.8) is 0 Å². The second-order valence-corrected chi connectivity index (χ2v) is 3.20. The number of nitrogens with two attached hydrogens (primary N) is 1. The van der Waals surface area contributed by atoms with Crippen molar-refractivity contribution in [1.29, 1.82) is 0 Å². The molecule has 2 nitrogen and oxygen atoms in total. The lowest BCUT2D eigenvalue weighted by Gasteiger charge is -2.13. The van der Waals surface area contributed by atoms with E-state index >= 15 is 0 Å². The summed E-state index contributed by atoms with van der Waals surface area (Å²) < 4.78 is 5.48. The number of hydrogen-bond acceptors (Lipinski definition) is 2. The van der Waals surface area contributed by atoms with Crippen LogP contribution in [0.4, 0.5) is 5.69 Å². The molecule has 1 rings (SSSR count). The fraction of sp³-hybridized carbons (Fsp3) is 0.333. The third-order valence-corrected chi connectivity index (χ3v) is 2.09. The lowest BCUT2D eigenvalue weighted by atomic mass is 10.3. The second-order valence-electron chi connectivity index (χ2n) is 2.55. The Labute approximate surface area is 76.2 Å². The molecule has 0 fully saturated rings. The van der Waals surface area contributed by atoms with Crippen molar-refractivity contribution in [3.05, 3.63) is 24.3 Å². The van der Waals surface area contributed by atoms with E-state index in [0.717, 1.165) is 12.2 Å². The van der Waals surface area contributed by atoms with E-state index in [-0.39, 0.29) is 5.73 Å². The summed E-state index contributed by atoms with van der Waals surface area (Å²) in [7, 11) is 3.42. The average Bonchev–Trinajstić information content (AvgIpc) is 2.09. The van der Waals surface area contributed by atoms with E-state index < -0.39 is 0 Å². The molecule has 0 aromatic heterocycles. The summed E-state index contributed by atoms with van der Waals surface area (Å²) >= 11 is 0. The molecule has 0 aliphatic heterocycles. The second kappa shape index (κ2) is 4.16. The fourth-order valence-corrected chi connectivity index (χ4v) is 0.951. The van der Waals surface area contributed by atoms with Crippen LogP contribution < -0.4 is 10.5 Å². The molecule has 12 heavy (non-hydrogen) atoms.